The molecule has 0 amide bonds. The molecule has 0 radical (unpaired) electrons. The van der Waals surface area contributed by atoms with E-state index in [1.807, 2.05) is 31.2 Å². The molecule has 156 valence electrons. The zero-order chi connectivity index (χ0) is 21.3. The number of thiophene rings is 1. The van der Waals surface area contributed by atoms with Gasteiger partial charge in [-0.05, 0) is 69.4 Å². The summed E-state index contributed by atoms with van der Waals surface area (Å²) >= 11 is 4.93. The highest BCUT2D eigenvalue weighted by molar-refractivity contribution is 9.10. The number of rotatable bonds is 5. The standard InChI is InChI=1S/C22H22BrN3O3S/c1-3-29-22(28)19-16-6-4-5-7-18(16)30-20(19)24-12-17-13(2)25-26(21(17)27)15-10-8-14(23)9-11-15/h8-12,25H,3-7H2,1-2H3/b24-12+. The number of hydrogen-bond donors (Lipinski definition) is 1. The minimum atomic E-state index is -0.331. The summed E-state index contributed by atoms with van der Waals surface area (Å²) in [5, 5.41) is 3.72. The van der Waals surface area contributed by atoms with Gasteiger partial charge in [-0.25, -0.2) is 14.5 Å². The van der Waals surface area contributed by atoms with E-state index in [4.69, 9.17) is 4.74 Å². The Morgan fingerprint density at radius 3 is 2.77 bits per heavy atom. The average molecular weight is 488 g/mol. The van der Waals surface area contributed by atoms with E-state index in [1.54, 1.807) is 13.1 Å². The Balaban J connectivity index is 1.73. The van der Waals surface area contributed by atoms with Gasteiger partial charge in [-0.1, -0.05) is 15.9 Å². The monoisotopic (exact) mass is 487 g/mol. The molecule has 1 N–H and O–H groups in total. The molecule has 0 bridgehead atoms. The third kappa shape index (κ3) is 3.94. The Hall–Kier alpha value is -2.45. The largest absolute Gasteiger partial charge is 0.462 e. The summed E-state index contributed by atoms with van der Waals surface area (Å²) in [6, 6.07) is 7.48. The number of carbonyl (C=O) groups is 1. The number of aliphatic imine (C=N–C) groups is 1. The fourth-order valence-electron chi connectivity index (χ4n) is 3.66. The molecule has 0 saturated heterocycles. The summed E-state index contributed by atoms with van der Waals surface area (Å²) < 4.78 is 7.72. The smallest absolute Gasteiger partial charge is 0.341 e. The van der Waals surface area contributed by atoms with Crippen LogP contribution in [0, 0.1) is 6.92 Å². The van der Waals surface area contributed by atoms with Crippen LogP contribution in [0.5, 0.6) is 0 Å². The van der Waals surface area contributed by atoms with Crippen LogP contribution in [0.15, 0.2) is 38.5 Å². The summed E-state index contributed by atoms with van der Waals surface area (Å²) in [6.45, 7) is 3.96. The molecule has 0 atom stereocenters. The maximum Gasteiger partial charge on any atom is 0.341 e. The zero-order valence-electron chi connectivity index (χ0n) is 16.8. The third-order valence-corrected chi connectivity index (χ3v) is 6.87. The van der Waals surface area contributed by atoms with E-state index in [0.717, 1.165) is 41.4 Å². The fraction of sp³-hybridized carbons (Fsp3) is 0.318. The van der Waals surface area contributed by atoms with Crippen LogP contribution in [0.25, 0.3) is 5.69 Å². The second-order valence-electron chi connectivity index (χ2n) is 7.14. The molecule has 1 aliphatic carbocycles. The fourth-order valence-corrected chi connectivity index (χ4v) is 5.15. The van der Waals surface area contributed by atoms with Gasteiger partial charge < -0.3 is 4.74 Å². The van der Waals surface area contributed by atoms with Crippen molar-refractivity contribution < 1.29 is 9.53 Å². The van der Waals surface area contributed by atoms with Crippen molar-refractivity contribution >= 4 is 44.5 Å². The number of carbonyl (C=O) groups excluding carboxylic acids is 1. The van der Waals surface area contributed by atoms with Crippen molar-refractivity contribution in [2.24, 2.45) is 4.99 Å². The van der Waals surface area contributed by atoms with Gasteiger partial charge in [-0.2, -0.15) is 0 Å². The highest BCUT2D eigenvalue weighted by Crippen LogP contribution is 2.40. The van der Waals surface area contributed by atoms with Gasteiger partial charge in [0.25, 0.3) is 5.56 Å². The van der Waals surface area contributed by atoms with Gasteiger partial charge in [0.2, 0.25) is 0 Å². The molecule has 3 aromatic rings. The molecule has 8 heteroatoms. The lowest BCUT2D eigenvalue weighted by atomic mass is 9.95. The molecule has 0 aliphatic heterocycles. The first-order chi connectivity index (χ1) is 14.5. The highest BCUT2D eigenvalue weighted by atomic mass is 79.9. The van der Waals surface area contributed by atoms with Crippen LogP contribution in [-0.2, 0) is 17.6 Å². The van der Waals surface area contributed by atoms with Crippen LogP contribution < -0.4 is 5.56 Å². The lowest BCUT2D eigenvalue weighted by Gasteiger charge is -2.11. The number of nitrogens with zero attached hydrogens (tertiary/aromatic N) is 2. The van der Waals surface area contributed by atoms with E-state index in [9.17, 15) is 9.59 Å². The minimum Gasteiger partial charge on any atom is -0.462 e. The Morgan fingerprint density at radius 2 is 2.03 bits per heavy atom. The Kier molecular flexibility index (Phi) is 6.06. The van der Waals surface area contributed by atoms with E-state index < -0.39 is 0 Å². The van der Waals surface area contributed by atoms with Crippen molar-refractivity contribution in [2.45, 2.75) is 39.5 Å². The number of benzene rings is 1. The first-order valence-electron chi connectivity index (χ1n) is 9.93. The number of aromatic nitrogens is 2. The van der Waals surface area contributed by atoms with Crippen LogP contribution in [0.4, 0.5) is 5.00 Å². The quantitative estimate of drug-likeness (QED) is 0.401. The number of esters is 1. The van der Waals surface area contributed by atoms with Crippen LogP contribution >= 0.6 is 27.3 Å². The Bertz CT molecular complexity index is 1170. The minimum absolute atomic E-state index is 0.183. The van der Waals surface area contributed by atoms with Gasteiger partial charge in [0.05, 0.1) is 23.4 Å². The third-order valence-electron chi connectivity index (χ3n) is 5.15. The molecule has 0 unspecified atom stereocenters. The molecule has 30 heavy (non-hydrogen) atoms. The van der Waals surface area contributed by atoms with Gasteiger partial charge in [-0.15, -0.1) is 11.3 Å². The van der Waals surface area contributed by atoms with E-state index >= 15 is 0 Å². The predicted molar refractivity (Wildman–Crippen MR) is 123 cm³/mol. The number of fused-ring (bicyclic) bond motifs is 1. The number of halogens is 1. The van der Waals surface area contributed by atoms with Crippen LogP contribution in [0.1, 0.15) is 51.8 Å². The summed E-state index contributed by atoms with van der Waals surface area (Å²) in [6.07, 6.45) is 5.57. The molecule has 1 aromatic carbocycles. The van der Waals surface area contributed by atoms with Gasteiger partial charge >= 0.3 is 5.97 Å². The van der Waals surface area contributed by atoms with E-state index in [0.29, 0.717) is 28.4 Å². The SMILES string of the molecule is CCOC(=O)c1c(/N=C/c2c(C)[nH]n(-c3ccc(Br)cc3)c2=O)sc2c1CCCC2. The van der Waals surface area contributed by atoms with E-state index in [-0.39, 0.29) is 11.5 Å². The molecule has 6 nitrogen and oxygen atoms in total. The second kappa shape index (κ2) is 8.73. The molecule has 2 heterocycles. The maximum absolute atomic E-state index is 13.0. The molecule has 1 aliphatic rings. The van der Waals surface area contributed by atoms with Gasteiger partial charge in [0, 0.05) is 21.3 Å². The van der Waals surface area contributed by atoms with Crippen LogP contribution in [0.2, 0.25) is 0 Å². The summed E-state index contributed by atoms with van der Waals surface area (Å²) in [5.41, 5.74) is 3.37. The van der Waals surface area contributed by atoms with Crippen molar-refractivity contribution in [3.63, 3.8) is 0 Å². The molecule has 0 spiro atoms. The van der Waals surface area contributed by atoms with Gasteiger partial charge in [-0.3, -0.25) is 9.89 Å². The predicted octanol–water partition coefficient (Wildman–Crippen LogP) is 5.10. The molecular weight excluding hydrogens is 466 g/mol. The summed E-state index contributed by atoms with van der Waals surface area (Å²) in [7, 11) is 0. The van der Waals surface area contributed by atoms with Crippen LogP contribution in [-0.4, -0.2) is 28.6 Å². The van der Waals surface area contributed by atoms with Crippen molar-refractivity contribution in [1.29, 1.82) is 0 Å². The average Bonchev–Trinajstić information content (AvgIpc) is 3.24. The molecule has 0 fully saturated rings. The van der Waals surface area contributed by atoms with Crippen molar-refractivity contribution in [3.05, 3.63) is 66.4 Å². The zero-order valence-corrected chi connectivity index (χ0v) is 19.2. The normalized spacial score (nSPS) is 13.6. The number of H-pyrrole nitrogens is 1. The molecule has 4 rings (SSSR count). The van der Waals surface area contributed by atoms with Crippen molar-refractivity contribution in [2.75, 3.05) is 6.61 Å². The molecule has 0 saturated carbocycles. The Labute approximate surface area is 186 Å². The molecule has 2 aromatic heterocycles. The van der Waals surface area contributed by atoms with E-state index in [2.05, 4.69) is 26.0 Å². The topological polar surface area (TPSA) is 76.4 Å². The highest BCUT2D eigenvalue weighted by Gasteiger charge is 2.26. The number of nitrogens with one attached hydrogen (secondary N) is 1. The summed E-state index contributed by atoms with van der Waals surface area (Å²) in [5.74, 6) is -0.331. The number of hydrogen-bond acceptors (Lipinski definition) is 5. The van der Waals surface area contributed by atoms with Gasteiger partial charge in [0.1, 0.15) is 5.00 Å². The summed E-state index contributed by atoms with van der Waals surface area (Å²) in [4.78, 5) is 31.3. The second-order valence-corrected chi connectivity index (χ2v) is 9.14. The Morgan fingerprint density at radius 1 is 1.30 bits per heavy atom. The van der Waals surface area contributed by atoms with Gasteiger partial charge in [0.15, 0.2) is 0 Å². The van der Waals surface area contributed by atoms with E-state index in [1.165, 1.54) is 20.9 Å². The number of aryl methyl sites for hydroxylation is 2. The molecular formula is C22H22BrN3O3S. The van der Waals surface area contributed by atoms with Crippen LogP contribution in [0.3, 0.4) is 0 Å². The number of aromatic amines is 1. The maximum atomic E-state index is 13.0. The van der Waals surface area contributed by atoms with Crippen molar-refractivity contribution in [1.82, 2.24) is 9.78 Å². The first kappa shape index (κ1) is 20.8. The number of ether oxygens (including phenoxy) is 1. The lowest BCUT2D eigenvalue weighted by molar-refractivity contribution is 0.0526. The lowest BCUT2D eigenvalue weighted by Crippen LogP contribution is -2.17. The first-order valence-corrected chi connectivity index (χ1v) is 11.5. The van der Waals surface area contributed by atoms with Crippen molar-refractivity contribution in [3.8, 4) is 5.69 Å².